The number of aryl methyl sites for hydroxylation is 1. The fourth-order valence-corrected chi connectivity index (χ4v) is 1.56. The van der Waals surface area contributed by atoms with E-state index >= 15 is 0 Å². The molecule has 0 aliphatic rings. The van der Waals surface area contributed by atoms with Crippen LogP contribution in [0.5, 0.6) is 5.75 Å². The Morgan fingerprint density at radius 1 is 1.44 bits per heavy atom. The number of benzene rings is 1. The minimum atomic E-state index is -0.362. The first-order valence-corrected chi connectivity index (χ1v) is 5.80. The summed E-state index contributed by atoms with van der Waals surface area (Å²) in [7, 11) is 0. The molecule has 0 fully saturated rings. The molecule has 16 heavy (non-hydrogen) atoms. The van der Waals surface area contributed by atoms with Crippen LogP contribution in [0, 0.1) is 6.92 Å². The van der Waals surface area contributed by atoms with Crippen molar-refractivity contribution in [1.29, 1.82) is 0 Å². The van der Waals surface area contributed by atoms with Crippen LogP contribution in [0.4, 0.5) is 0 Å². The lowest BCUT2D eigenvalue weighted by Gasteiger charge is -2.14. The lowest BCUT2D eigenvalue weighted by atomic mass is 10.0. The maximum Gasteiger partial charge on any atom is 0.225 e. The second-order valence-corrected chi connectivity index (χ2v) is 4.57. The Balaban J connectivity index is 2.76. The third-order valence-electron chi connectivity index (χ3n) is 2.35. The minimum absolute atomic E-state index is 0.243. The number of hydrogen-bond acceptors (Lipinski definition) is 2. The fraction of sp³-hybridized carbons (Fsp3) is 0.462. The van der Waals surface area contributed by atoms with Gasteiger partial charge in [-0.05, 0) is 41.6 Å². The van der Waals surface area contributed by atoms with Crippen LogP contribution in [-0.4, -0.2) is 11.8 Å². The Bertz CT molecular complexity index is 372. The monoisotopic (exact) mass is 240 g/mol. The third-order valence-corrected chi connectivity index (χ3v) is 2.54. The number of carbonyl (C=O) groups excluding carboxylic acids is 1. The Hall–Kier alpha value is -1.02. The van der Waals surface area contributed by atoms with Crippen molar-refractivity contribution in [2.45, 2.75) is 33.1 Å². The van der Waals surface area contributed by atoms with Crippen LogP contribution in [-0.2, 0) is 4.79 Å². The molecular weight excluding hydrogens is 224 g/mol. The lowest BCUT2D eigenvalue weighted by molar-refractivity contribution is -0.112. The molecule has 0 heterocycles. The molecule has 0 N–H and O–H groups in total. The summed E-state index contributed by atoms with van der Waals surface area (Å²) in [6.07, 6.45) is 0.243. The number of ether oxygens (including phenoxy) is 1. The highest BCUT2D eigenvalue weighted by Crippen LogP contribution is 2.27. The van der Waals surface area contributed by atoms with Crippen LogP contribution in [0.15, 0.2) is 18.2 Å². The van der Waals surface area contributed by atoms with Crippen LogP contribution in [0.25, 0.3) is 0 Å². The molecule has 1 aromatic rings. The molecule has 0 bridgehead atoms. The zero-order chi connectivity index (χ0) is 12.1. The molecule has 0 saturated heterocycles. The van der Waals surface area contributed by atoms with Crippen LogP contribution < -0.4 is 4.74 Å². The molecule has 1 aromatic carbocycles. The molecule has 0 atom stereocenters. The van der Waals surface area contributed by atoms with Crippen molar-refractivity contribution in [2.24, 2.45) is 0 Å². The van der Waals surface area contributed by atoms with Crippen molar-refractivity contribution < 1.29 is 9.53 Å². The maximum absolute atomic E-state index is 10.6. The van der Waals surface area contributed by atoms with Crippen molar-refractivity contribution in [3.8, 4) is 5.75 Å². The van der Waals surface area contributed by atoms with Crippen molar-refractivity contribution in [3.05, 3.63) is 29.3 Å². The molecule has 3 heteroatoms. The van der Waals surface area contributed by atoms with E-state index in [0.29, 0.717) is 12.5 Å². The van der Waals surface area contributed by atoms with E-state index in [1.165, 1.54) is 0 Å². The van der Waals surface area contributed by atoms with Gasteiger partial charge in [-0.25, -0.2) is 0 Å². The van der Waals surface area contributed by atoms with Gasteiger partial charge < -0.3 is 4.74 Å². The standard InChI is InChI=1S/C13H17ClO2/c1-9(2)11-5-4-10(3)8-12(11)16-7-6-13(14)15/h4-5,8-9H,6-7H2,1-3H3. The molecule has 0 spiro atoms. The zero-order valence-electron chi connectivity index (χ0n) is 9.92. The maximum atomic E-state index is 10.6. The van der Waals surface area contributed by atoms with E-state index in [0.717, 1.165) is 16.9 Å². The molecule has 0 aliphatic heterocycles. The Morgan fingerprint density at radius 2 is 2.12 bits per heavy atom. The first-order chi connectivity index (χ1) is 7.50. The zero-order valence-corrected chi connectivity index (χ0v) is 10.7. The van der Waals surface area contributed by atoms with Gasteiger partial charge in [0.1, 0.15) is 5.75 Å². The minimum Gasteiger partial charge on any atom is -0.493 e. The molecule has 88 valence electrons. The summed E-state index contributed by atoms with van der Waals surface area (Å²) in [5.41, 5.74) is 2.31. The smallest absolute Gasteiger partial charge is 0.225 e. The van der Waals surface area contributed by atoms with Crippen LogP contribution >= 0.6 is 11.6 Å². The summed E-state index contributed by atoms with van der Waals surface area (Å²) in [6.45, 7) is 6.59. The van der Waals surface area contributed by atoms with Gasteiger partial charge in [0.2, 0.25) is 5.24 Å². The van der Waals surface area contributed by atoms with Crippen LogP contribution in [0.1, 0.15) is 37.3 Å². The first-order valence-electron chi connectivity index (χ1n) is 5.42. The molecule has 0 aromatic heterocycles. The van der Waals surface area contributed by atoms with E-state index in [-0.39, 0.29) is 11.7 Å². The fourth-order valence-electron chi connectivity index (χ4n) is 1.48. The summed E-state index contributed by atoms with van der Waals surface area (Å²) >= 11 is 5.26. The summed E-state index contributed by atoms with van der Waals surface area (Å²) in [4.78, 5) is 10.6. The highest BCUT2D eigenvalue weighted by molar-refractivity contribution is 6.63. The van der Waals surface area contributed by atoms with Gasteiger partial charge in [-0.15, -0.1) is 0 Å². The number of halogens is 1. The van der Waals surface area contributed by atoms with Gasteiger partial charge in [0.05, 0.1) is 13.0 Å². The summed E-state index contributed by atoms with van der Waals surface area (Å²) in [6, 6.07) is 6.13. The van der Waals surface area contributed by atoms with Crippen molar-refractivity contribution in [2.75, 3.05) is 6.61 Å². The molecule has 0 amide bonds. The summed E-state index contributed by atoms with van der Waals surface area (Å²) in [5, 5.41) is -0.362. The molecular formula is C13H17ClO2. The molecule has 0 radical (unpaired) electrons. The van der Waals surface area contributed by atoms with E-state index < -0.39 is 0 Å². The molecule has 0 aliphatic carbocycles. The lowest BCUT2D eigenvalue weighted by Crippen LogP contribution is -2.04. The Kier molecular flexibility index (Phi) is 4.81. The van der Waals surface area contributed by atoms with E-state index in [1.54, 1.807) is 0 Å². The second kappa shape index (κ2) is 5.90. The molecule has 0 saturated carbocycles. The number of rotatable bonds is 5. The number of carbonyl (C=O) groups is 1. The van der Waals surface area contributed by atoms with Crippen molar-refractivity contribution in [3.63, 3.8) is 0 Å². The third kappa shape index (κ3) is 3.86. The molecule has 0 unspecified atom stereocenters. The van der Waals surface area contributed by atoms with Crippen LogP contribution in [0.2, 0.25) is 0 Å². The average molecular weight is 241 g/mol. The van der Waals surface area contributed by atoms with Gasteiger partial charge in [-0.3, -0.25) is 4.79 Å². The van der Waals surface area contributed by atoms with Gasteiger partial charge >= 0.3 is 0 Å². The number of hydrogen-bond donors (Lipinski definition) is 0. The second-order valence-electron chi connectivity index (χ2n) is 4.15. The highest BCUT2D eigenvalue weighted by Gasteiger charge is 2.08. The van der Waals surface area contributed by atoms with E-state index in [1.807, 2.05) is 13.0 Å². The molecule has 1 rings (SSSR count). The normalized spacial score (nSPS) is 10.6. The van der Waals surface area contributed by atoms with Gasteiger partial charge in [0, 0.05) is 0 Å². The van der Waals surface area contributed by atoms with E-state index in [9.17, 15) is 4.79 Å². The van der Waals surface area contributed by atoms with Gasteiger partial charge in [0.25, 0.3) is 0 Å². The largest absolute Gasteiger partial charge is 0.493 e. The van der Waals surface area contributed by atoms with E-state index in [4.69, 9.17) is 16.3 Å². The van der Waals surface area contributed by atoms with Crippen molar-refractivity contribution in [1.82, 2.24) is 0 Å². The Labute approximate surface area is 102 Å². The average Bonchev–Trinajstić information content (AvgIpc) is 2.16. The summed E-state index contributed by atoms with van der Waals surface area (Å²) < 4.78 is 5.58. The van der Waals surface area contributed by atoms with Gasteiger partial charge in [0.15, 0.2) is 0 Å². The first kappa shape index (κ1) is 13.0. The SMILES string of the molecule is Cc1ccc(C(C)C)c(OCCC(=O)Cl)c1. The van der Waals surface area contributed by atoms with Gasteiger partial charge in [-0.1, -0.05) is 26.0 Å². The predicted octanol–water partition coefficient (Wildman–Crippen LogP) is 3.65. The quantitative estimate of drug-likeness (QED) is 0.735. The van der Waals surface area contributed by atoms with Gasteiger partial charge in [-0.2, -0.15) is 0 Å². The molecule has 2 nitrogen and oxygen atoms in total. The predicted molar refractivity (Wildman–Crippen MR) is 66.2 cm³/mol. The van der Waals surface area contributed by atoms with Crippen LogP contribution in [0.3, 0.4) is 0 Å². The summed E-state index contributed by atoms with van der Waals surface area (Å²) in [5.74, 6) is 1.26. The topological polar surface area (TPSA) is 26.3 Å². The highest BCUT2D eigenvalue weighted by atomic mass is 35.5. The van der Waals surface area contributed by atoms with E-state index in [2.05, 4.69) is 26.0 Å². The Morgan fingerprint density at radius 3 is 2.69 bits per heavy atom. The van der Waals surface area contributed by atoms with Crippen molar-refractivity contribution >= 4 is 16.8 Å².